The number of ether oxygens (including phenoxy) is 1. The molecule has 0 fully saturated rings. The fraction of sp³-hybridized carbons (Fsp3) is 0.261. The van der Waals surface area contributed by atoms with Crippen LogP contribution in [0.25, 0.3) is 6.08 Å². The lowest BCUT2D eigenvalue weighted by Gasteiger charge is -2.25. The largest absolute Gasteiger partial charge is 0.459 e. The van der Waals surface area contributed by atoms with Crippen LogP contribution in [0.15, 0.2) is 67.7 Å². The maximum atomic E-state index is 13.5. The summed E-state index contributed by atoms with van der Waals surface area (Å²) in [5.74, 6) is -0.442. The molecule has 4 rings (SSSR count). The lowest BCUT2D eigenvalue weighted by molar-refractivity contribution is -0.143. The first-order valence-electron chi connectivity index (χ1n) is 9.80. The van der Waals surface area contributed by atoms with Crippen molar-refractivity contribution >= 4 is 46.5 Å². The average Bonchev–Trinajstić information content (AvgIpc) is 3.35. The van der Waals surface area contributed by atoms with Gasteiger partial charge in [0.15, 0.2) is 4.80 Å². The fourth-order valence-corrected chi connectivity index (χ4v) is 5.64. The molecular weight excluding hydrogens is 448 g/mol. The molecule has 1 aromatic carbocycles. The number of fused-ring (bicyclic) bond motifs is 1. The molecule has 0 saturated carbocycles. The maximum absolute atomic E-state index is 13.5. The van der Waals surface area contributed by atoms with Crippen molar-refractivity contribution in [2.75, 3.05) is 6.26 Å². The monoisotopic (exact) mass is 470 g/mol. The van der Waals surface area contributed by atoms with Gasteiger partial charge in [-0.15, -0.1) is 23.1 Å². The number of allylic oxidation sites excluding steroid dienone is 1. The van der Waals surface area contributed by atoms with Gasteiger partial charge in [0, 0.05) is 9.77 Å². The van der Waals surface area contributed by atoms with E-state index < -0.39 is 12.0 Å². The number of nitrogens with zero attached hydrogens (tertiary/aromatic N) is 2. The van der Waals surface area contributed by atoms with E-state index in [2.05, 4.69) is 4.99 Å². The summed E-state index contributed by atoms with van der Waals surface area (Å²) in [5, 5.41) is 1.98. The number of thioether (sulfide) groups is 1. The molecule has 0 saturated heterocycles. The van der Waals surface area contributed by atoms with Crippen molar-refractivity contribution in [3.8, 4) is 0 Å². The van der Waals surface area contributed by atoms with Gasteiger partial charge in [-0.05, 0) is 62.2 Å². The van der Waals surface area contributed by atoms with E-state index in [1.165, 1.54) is 11.3 Å². The van der Waals surface area contributed by atoms with E-state index in [1.54, 1.807) is 34.6 Å². The summed E-state index contributed by atoms with van der Waals surface area (Å²) < 4.78 is 7.75. The smallest absolute Gasteiger partial charge is 0.338 e. The molecule has 0 radical (unpaired) electrons. The Bertz CT molecular complexity index is 1310. The minimum atomic E-state index is -0.580. The number of carbonyl (C=O) groups is 1. The van der Waals surface area contributed by atoms with Crippen LogP contribution in [0.2, 0.25) is 0 Å². The van der Waals surface area contributed by atoms with Gasteiger partial charge >= 0.3 is 5.97 Å². The van der Waals surface area contributed by atoms with Crippen molar-refractivity contribution in [2.24, 2.45) is 4.99 Å². The third-order valence-electron chi connectivity index (χ3n) is 4.83. The fourth-order valence-electron chi connectivity index (χ4n) is 3.46. The van der Waals surface area contributed by atoms with Crippen LogP contribution in [0.5, 0.6) is 0 Å². The molecule has 3 heterocycles. The van der Waals surface area contributed by atoms with Crippen LogP contribution in [0, 0.1) is 0 Å². The molecule has 160 valence electrons. The SMILES string of the molecule is CSc1ccc([C@@H]2C(C(=O)OC(C)C)=C(C)N=c3sc(=Cc4cccs4)c(=O)n32)cc1. The topological polar surface area (TPSA) is 60.7 Å². The Morgan fingerprint density at radius 1 is 1.26 bits per heavy atom. The molecule has 3 aromatic rings. The molecule has 0 amide bonds. The summed E-state index contributed by atoms with van der Waals surface area (Å²) in [7, 11) is 0. The highest BCUT2D eigenvalue weighted by Crippen LogP contribution is 2.32. The van der Waals surface area contributed by atoms with Gasteiger partial charge in [-0.25, -0.2) is 9.79 Å². The van der Waals surface area contributed by atoms with Gasteiger partial charge in [0.2, 0.25) is 0 Å². The number of carbonyl (C=O) groups excluding carboxylic acids is 1. The van der Waals surface area contributed by atoms with E-state index in [-0.39, 0.29) is 11.7 Å². The van der Waals surface area contributed by atoms with Gasteiger partial charge in [-0.3, -0.25) is 9.36 Å². The van der Waals surface area contributed by atoms with Gasteiger partial charge in [-0.1, -0.05) is 29.5 Å². The van der Waals surface area contributed by atoms with Crippen molar-refractivity contribution < 1.29 is 9.53 Å². The first-order valence-corrected chi connectivity index (χ1v) is 12.7. The molecule has 1 atom stereocenters. The Morgan fingerprint density at radius 3 is 2.61 bits per heavy atom. The number of esters is 1. The number of thiophene rings is 1. The molecule has 0 unspecified atom stereocenters. The molecule has 31 heavy (non-hydrogen) atoms. The molecule has 0 aliphatic carbocycles. The van der Waals surface area contributed by atoms with E-state index in [0.29, 0.717) is 20.6 Å². The number of hydrogen-bond acceptors (Lipinski definition) is 7. The maximum Gasteiger partial charge on any atom is 0.338 e. The van der Waals surface area contributed by atoms with Crippen molar-refractivity contribution in [3.63, 3.8) is 0 Å². The Hall–Kier alpha value is -2.42. The normalized spacial score (nSPS) is 16.4. The van der Waals surface area contributed by atoms with Crippen molar-refractivity contribution in [3.05, 3.63) is 83.2 Å². The summed E-state index contributed by atoms with van der Waals surface area (Å²) in [5.41, 5.74) is 1.68. The van der Waals surface area contributed by atoms with E-state index >= 15 is 0 Å². The van der Waals surface area contributed by atoms with Gasteiger partial charge in [0.1, 0.15) is 0 Å². The molecular formula is C23H22N2O3S3. The van der Waals surface area contributed by atoms with Crippen LogP contribution in [0.4, 0.5) is 0 Å². The van der Waals surface area contributed by atoms with Crippen LogP contribution < -0.4 is 14.9 Å². The Morgan fingerprint density at radius 2 is 2.00 bits per heavy atom. The zero-order valence-corrected chi connectivity index (χ0v) is 20.1. The zero-order chi connectivity index (χ0) is 22.1. The molecule has 1 aliphatic heterocycles. The number of rotatable bonds is 5. The Labute approximate surface area is 192 Å². The van der Waals surface area contributed by atoms with E-state index in [1.807, 2.05) is 68.0 Å². The zero-order valence-electron chi connectivity index (χ0n) is 17.6. The average molecular weight is 471 g/mol. The predicted molar refractivity (Wildman–Crippen MR) is 128 cm³/mol. The molecule has 0 bridgehead atoms. The second-order valence-corrected chi connectivity index (χ2v) is 10.2. The quantitative estimate of drug-likeness (QED) is 0.418. The minimum Gasteiger partial charge on any atom is -0.459 e. The van der Waals surface area contributed by atoms with E-state index in [9.17, 15) is 9.59 Å². The molecule has 2 aromatic heterocycles. The lowest BCUT2D eigenvalue weighted by atomic mass is 9.96. The van der Waals surface area contributed by atoms with Crippen LogP contribution in [0.3, 0.4) is 0 Å². The van der Waals surface area contributed by atoms with Gasteiger partial charge in [-0.2, -0.15) is 0 Å². The number of aromatic nitrogens is 1. The second kappa shape index (κ2) is 8.98. The molecule has 0 N–H and O–H groups in total. The minimum absolute atomic E-state index is 0.154. The standard InChI is InChI=1S/C23H22N2O3S3/c1-13(2)28-22(27)19-14(3)24-23-25(20(19)15-7-9-16(29-4)10-8-15)21(26)18(31-23)12-17-6-5-11-30-17/h5-13,20H,1-4H3/t20-/m1/s1. The number of thiazole rings is 1. The Kier molecular flexibility index (Phi) is 6.31. The van der Waals surface area contributed by atoms with E-state index in [4.69, 9.17) is 4.74 Å². The van der Waals surface area contributed by atoms with Gasteiger partial charge in [0.25, 0.3) is 5.56 Å². The number of hydrogen-bond donors (Lipinski definition) is 0. The van der Waals surface area contributed by atoms with Crippen molar-refractivity contribution in [1.29, 1.82) is 0 Å². The highest BCUT2D eigenvalue weighted by molar-refractivity contribution is 7.98. The highest BCUT2D eigenvalue weighted by Gasteiger charge is 2.33. The van der Waals surface area contributed by atoms with Crippen LogP contribution in [-0.4, -0.2) is 22.9 Å². The van der Waals surface area contributed by atoms with Gasteiger partial charge < -0.3 is 4.74 Å². The predicted octanol–water partition coefficient (Wildman–Crippen LogP) is 3.97. The van der Waals surface area contributed by atoms with Crippen LogP contribution in [0.1, 0.15) is 37.3 Å². The molecule has 5 nitrogen and oxygen atoms in total. The third kappa shape index (κ3) is 4.33. The first kappa shape index (κ1) is 21.8. The highest BCUT2D eigenvalue weighted by atomic mass is 32.2. The van der Waals surface area contributed by atoms with Crippen LogP contribution >= 0.6 is 34.4 Å². The summed E-state index contributed by atoms with van der Waals surface area (Å²) in [6.45, 7) is 5.43. The second-order valence-electron chi connectivity index (χ2n) is 7.32. The molecule has 1 aliphatic rings. The molecule has 0 spiro atoms. The first-order chi connectivity index (χ1) is 14.9. The number of benzene rings is 1. The summed E-state index contributed by atoms with van der Waals surface area (Å²) in [6.07, 6.45) is 3.63. The molecule has 8 heteroatoms. The summed E-state index contributed by atoms with van der Waals surface area (Å²) in [6, 6.07) is 11.3. The lowest BCUT2D eigenvalue weighted by Crippen LogP contribution is -2.40. The van der Waals surface area contributed by atoms with Gasteiger partial charge in [0.05, 0.1) is 27.9 Å². The van der Waals surface area contributed by atoms with Crippen molar-refractivity contribution in [2.45, 2.75) is 37.8 Å². The van der Waals surface area contributed by atoms with Crippen LogP contribution in [-0.2, 0) is 9.53 Å². The summed E-state index contributed by atoms with van der Waals surface area (Å²) in [4.78, 5) is 33.8. The Balaban J connectivity index is 1.94. The summed E-state index contributed by atoms with van der Waals surface area (Å²) >= 11 is 4.56. The third-order valence-corrected chi connectivity index (χ3v) is 7.38. The van der Waals surface area contributed by atoms with Crippen molar-refractivity contribution in [1.82, 2.24) is 4.57 Å². The van der Waals surface area contributed by atoms with E-state index in [0.717, 1.165) is 15.3 Å².